The number of aryl methyl sites for hydroxylation is 3. The highest BCUT2D eigenvalue weighted by atomic mass is 35.5. The molecule has 6 nitrogen and oxygen atoms in total. The highest BCUT2D eigenvalue weighted by molar-refractivity contribution is 7.89. The molecule has 1 heterocycles. The van der Waals surface area contributed by atoms with E-state index in [2.05, 4.69) is 4.90 Å². The second-order valence-corrected chi connectivity index (χ2v) is 11.7. The van der Waals surface area contributed by atoms with Gasteiger partial charge in [-0.3, -0.25) is 4.79 Å². The summed E-state index contributed by atoms with van der Waals surface area (Å²) in [6.07, 6.45) is 0. The van der Waals surface area contributed by atoms with Gasteiger partial charge < -0.3 is 9.80 Å². The molecular formula is C28H32ClN3O3S. The van der Waals surface area contributed by atoms with Gasteiger partial charge in [-0.1, -0.05) is 65.2 Å². The molecule has 0 aromatic heterocycles. The summed E-state index contributed by atoms with van der Waals surface area (Å²) >= 11 is 6.20. The number of amides is 1. The van der Waals surface area contributed by atoms with Crippen LogP contribution in [-0.2, 0) is 21.4 Å². The zero-order valence-corrected chi connectivity index (χ0v) is 22.5. The molecule has 1 amide bonds. The highest BCUT2D eigenvalue weighted by Gasteiger charge is 2.30. The Kier molecular flexibility index (Phi) is 8.03. The van der Waals surface area contributed by atoms with E-state index in [1.54, 1.807) is 29.2 Å². The van der Waals surface area contributed by atoms with Gasteiger partial charge in [0, 0.05) is 43.4 Å². The normalized spacial score (nSPS) is 14.4. The number of carbonyl (C=O) groups excluding carboxylic acids is 1. The maximum Gasteiger partial charge on any atom is 0.243 e. The molecule has 1 saturated heterocycles. The molecule has 0 N–H and O–H groups in total. The third-order valence-corrected chi connectivity index (χ3v) is 8.64. The van der Waals surface area contributed by atoms with Gasteiger partial charge in [0.15, 0.2) is 0 Å². The molecule has 0 bridgehead atoms. The van der Waals surface area contributed by atoms with E-state index < -0.39 is 10.0 Å². The number of sulfonamides is 1. The van der Waals surface area contributed by atoms with Crippen LogP contribution < -0.4 is 4.90 Å². The van der Waals surface area contributed by atoms with Gasteiger partial charge in [0.1, 0.15) is 0 Å². The molecule has 0 saturated carbocycles. The number of nitrogens with zero attached hydrogens (tertiary/aromatic N) is 3. The van der Waals surface area contributed by atoms with Crippen LogP contribution in [-0.4, -0.2) is 56.3 Å². The van der Waals surface area contributed by atoms with Crippen molar-refractivity contribution in [3.8, 4) is 0 Å². The molecule has 1 aliphatic rings. The van der Waals surface area contributed by atoms with E-state index in [9.17, 15) is 13.2 Å². The fourth-order valence-corrected chi connectivity index (χ4v) is 5.90. The molecule has 3 aromatic carbocycles. The Bertz CT molecular complexity index is 1320. The number of hydrogen-bond acceptors (Lipinski definition) is 4. The lowest BCUT2D eigenvalue weighted by molar-refractivity contribution is -0.131. The topological polar surface area (TPSA) is 60.9 Å². The van der Waals surface area contributed by atoms with E-state index in [0.717, 1.165) is 27.9 Å². The molecule has 3 aromatic rings. The molecule has 190 valence electrons. The van der Waals surface area contributed by atoms with Crippen LogP contribution in [0.15, 0.2) is 71.6 Å². The maximum atomic E-state index is 13.6. The Balaban J connectivity index is 1.50. The Morgan fingerprint density at radius 1 is 0.861 bits per heavy atom. The van der Waals surface area contributed by atoms with Gasteiger partial charge in [-0.15, -0.1) is 0 Å². The lowest BCUT2D eigenvalue weighted by atomic mass is 10.1. The third kappa shape index (κ3) is 6.09. The molecule has 0 radical (unpaired) electrons. The van der Waals surface area contributed by atoms with Crippen LogP contribution in [0.2, 0.25) is 5.02 Å². The van der Waals surface area contributed by atoms with Gasteiger partial charge in [0.2, 0.25) is 15.9 Å². The summed E-state index contributed by atoms with van der Waals surface area (Å²) in [6, 6.07) is 20.3. The predicted octanol–water partition coefficient (Wildman–Crippen LogP) is 4.80. The molecule has 0 aliphatic carbocycles. The van der Waals surface area contributed by atoms with Crippen molar-refractivity contribution < 1.29 is 13.2 Å². The van der Waals surface area contributed by atoms with Crippen molar-refractivity contribution in [3.05, 3.63) is 94.0 Å². The van der Waals surface area contributed by atoms with Crippen LogP contribution in [0.25, 0.3) is 0 Å². The smallest absolute Gasteiger partial charge is 0.243 e. The number of hydrogen-bond donors (Lipinski definition) is 0. The molecule has 4 rings (SSSR count). The van der Waals surface area contributed by atoms with Crippen LogP contribution >= 0.6 is 11.6 Å². The van der Waals surface area contributed by atoms with Crippen molar-refractivity contribution in [2.45, 2.75) is 32.2 Å². The minimum atomic E-state index is -3.86. The SMILES string of the molecule is Cc1ccc(CN(CC(=O)N2CCN(c3cc(Cl)ccc3C)CC2)S(=O)(=O)c2ccc(C)cc2)cc1. The number of halogens is 1. The first-order chi connectivity index (χ1) is 17.1. The average Bonchev–Trinajstić information content (AvgIpc) is 2.86. The molecule has 0 unspecified atom stereocenters. The monoisotopic (exact) mass is 525 g/mol. The fraction of sp³-hybridized carbons (Fsp3) is 0.321. The minimum absolute atomic E-state index is 0.129. The van der Waals surface area contributed by atoms with E-state index >= 15 is 0 Å². The summed E-state index contributed by atoms with van der Waals surface area (Å²) in [7, 11) is -3.86. The Labute approximate surface area is 219 Å². The van der Waals surface area contributed by atoms with Crippen molar-refractivity contribution in [1.29, 1.82) is 0 Å². The van der Waals surface area contributed by atoms with E-state index in [1.807, 2.05) is 63.2 Å². The van der Waals surface area contributed by atoms with Gasteiger partial charge in [0.25, 0.3) is 0 Å². The molecule has 0 spiro atoms. The minimum Gasteiger partial charge on any atom is -0.368 e. The summed E-state index contributed by atoms with van der Waals surface area (Å²) in [5.74, 6) is -0.194. The highest BCUT2D eigenvalue weighted by Crippen LogP contribution is 2.26. The Morgan fingerprint density at radius 3 is 2.06 bits per heavy atom. The van der Waals surface area contributed by atoms with Gasteiger partial charge in [0.05, 0.1) is 11.4 Å². The van der Waals surface area contributed by atoms with Crippen LogP contribution in [0.4, 0.5) is 5.69 Å². The standard InChI is InChI=1S/C28H32ClN3O3S/c1-21-4-9-24(10-5-21)19-32(36(34,35)26-12-6-22(2)7-13-26)20-28(33)31-16-14-30(15-17-31)27-18-25(29)11-8-23(27)3/h4-13,18H,14-17,19-20H2,1-3H3. The largest absolute Gasteiger partial charge is 0.368 e. The molecule has 1 fully saturated rings. The summed E-state index contributed by atoms with van der Waals surface area (Å²) in [6.45, 7) is 8.23. The molecule has 36 heavy (non-hydrogen) atoms. The second kappa shape index (κ2) is 11.0. The maximum absolute atomic E-state index is 13.6. The molecule has 1 aliphatic heterocycles. The molecular weight excluding hydrogens is 494 g/mol. The number of piperazine rings is 1. The van der Waals surface area contributed by atoms with Crippen molar-refractivity contribution in [3.63, 3.8) is 0 Å². The number of rotatable bonds is 7. The second-order valence-electron chi connectivity index (χ2n) is 9.37. The van der Waals surface area contributed by atoms with Crippen LogP contribution in [0.3, 0.4) is 0 Å². The van der Waals surface area contributed by atoms with Gasteiger partial charge in [-0.05, 0) is 56.2 Å². The van der Waals surface area contributed by atoms with Gasteiger partial charge in [-0.2, -0.15) is 4.31 Å². The van der Waals surface area contributed by atoms with E-state index in [4.69, 9.17) is 11.6 Å². The molecule has 8 heteroatoms. The predicted molar refractivity (Wildman–Crippen MR) is 145 cm³/mol. The van der Waals surface area contributed by atoms with Crippen molar-refractivity contribution in [2.24, 2.45) is 0 Å². The van der Waals surface area contributed by atoms with Crippen molar-refractivity contribution >= 4 is 33.2 Å². The van der Waals surface area contributed by atoms with Crippen molar-refractivity contribution in [2.75, 3.05) is 37.6 Å². The van der Waals surface area contributed by atoms with Gasteiger partial charge >= 0.3 is 0 Å². The van der Waals surface area contributed by atoms with E-state index in [1.165, 1.54) is 4.31 Å². The van der Waals surface area contributed by atoms with Crippen molar-refractivity contribution in [1.82, 2.24) is 9.21 Å². The third-order valence-electron chi connectivity index (χ3n) is 6.59. The summed E-state index contributed by atoms with van der Waals surface area (Å²) in [5.41, 5.74) is 5.11. The number of anilines is 1. The van der Waals surface area contributed by atoms with Crippen LogP contribution in [0.5, 0.6) is 0 Å². The first-order valence-corrected chi connectivity index (χ1v) is 13.9. The summed E-state index contributed by atoms with van der Waals surface area (Å²) in [5, 5.41) is 0.683. The first kappa shape index (κ1) is 26.2. The lowest BCUT2D eigenvalue weighted by Gasteiger charge is -2.37. The summed E-state index contributed by atoms with van der Waals surface area (Å²) < 4.78 is 28.4. The number of benzene rings is 3. The quantitative estimate of drug-likeness (QED) is 0.444. The first-order valence-electron chi connectivity index (χ1n) is 12.0. The van der Waals surface area contributed by atoms with Crippen LogP contribution in [0.1, 0.15) is 22.3 Å². The lowest BCUT2D eigenvalue weighted by Crippen LogP contribution is -2.51. The van der Waals surface area contributed by atoms with E-state index in [0.29, 0.717) is 31.2 Å². The van der Waals surface area contributed by atoms with E-state index in [-0.39, 0.29) is 23.9 Å². The Morgan fingerprint density at radius 2 is 1.44 bits per heavy atom. The Hall–Kier alpha value is -2.87. The fourth-order valence-electron chi connectivity index (χ4n) is 4.35. The zero-order valence-electron chi connectivity index (χ0n) is 20.9. The van der Waals surface area contributed by atoms with Gasteiger partial charge in [-0.25, -0.2) is 8.42 Å². The average molecular weight is 526 g/mol. The van der Waals surface area contributed by atoms with Crippen LogP contribution in [0, 0.1) is 20.8 Å². The summed E-state index contributed by atoms with van der Waals surface area (Å²) in [4.78, 5) is 17.5. The zero-order chi connectivity index (χ0) is 25.9. The number of carbonyl (C=O) groups is 1. The molecule has 0 atom stereocenters.